The van der Waals surface area contributed by atoms with Crippen molar-refractivity contribution >= 4 is 23.8 Å². The van der Waals surface area contributed by atoms with E-state index in [-0.39, 0.29) is 17.6 Å². The summed E-state index contributed by atoms with van der Waals surface area (Å²) in [5, 5.41) is 0. The molecule has 11 nitrogen and oxygen atoms in total. The molecule has 0 aliphatic carbocycles. The van der Waals surface area contributed by atoms with Gasteiger partial charge >= 0.3 is 6.09 Å². The summed E-state index contributed by atoms with van der Waals surface area (Å²) in [5.74, 6) is 1.84. The molecule has 1 atom stereocenters. The van der Waals surface area contributed by atoms with Crippen LogP contribution in [0.25, 0.3) is 11.3 Å². The number of morpholine rings is 1. The molecule has 2 aromatic rings. The minimum Gasteiger partial charge on any atom is -0.444 e. The summed E-state index contributed by atoms with van der Waals surface area (Å²) < 4.78 is 11.2. The molecule has 1 amide bonds. The first-order chi connectivity index (χ1) is 17.1. The number of piperidine rings is 1. The molecule has 2 saturated heterocycles. The molecular formula is C25H36N8O3. The van der Waals surface area contributed by atoms with E-state index in [1.54, 1.807) is 12.4 Å². The highest BCUT2D eigenvalue weighted by atomic mass is 16.6. The van der Waals surface area contributed by atoms with E-state index in [0.717, 1.165) is 61.5 Å². The van der Waals surface area contributed by atoms with Gasteiger partial charge in [-0.2, -0.15) is 4.98 Å². The van der Waals surface area contributed by atoms with E-state index in [9.17, 15) is 4.79 Å². The van der Waals surface area contributed by atoms with E-state index >= 15 is 0 Å². The second-order valence-corrected chi connectivity index (χ2v) is 11.0. The molecule has 5 heterocycles. The van der Waals surface area contributed by atoms with Gasteiger partial charge in [0.05, 0.1) is 24.4 Å². The van der Waals surface area contributed by atoms with Crippen LogP contribution in [0.5, 0.6) is 0 Å². The average molecular weight is 497 g/mol. The Morgan fingerprint density at radius 3 is 2.53 bits per heavy atom. The summed E-state index contributed by atoms with van der Waals surface area (Å²) in [7, 11) is 0. The van der Waals surface area contributed by atoms with Gasteiger partial charge in [0.15, 0.2) is 0 Å². The van der Waals surface area contributed by atoms with Crippen molar-refractivity contribution in [2.75, 3.05) is 61.5 Å². The molecule has 194 valence electrons. The Morgan fingerprint density at radius 2 is 1.83 bits per heavy atom. The van der Waals surface area contributed by atoms with Gasteiger partial charge in [0, 0.05) is 56.2 Å². The van der Waals surface area contributed by atoms with Crippen LogP contribution in [0.15, 0.2) is 12.4 Å². The lowest BCUT2D eigenvalue weighted by molar-refractivity contribution is 0.0147. The summed E-state index contributed by atoms with van der Waals surface area (Å²) in [4.78, 5) is 37.8. The maximum atomic E-state index is 12.9. The number of nitrogens with two attached hydrogens (primary N) is 1. The molecule has 0 radical (unpaired) electrons. The molecule has 0 bridgehead atoms. The maximum Gasteiger partial charge on any atom is 0.410 e. The van der Waals surface area contributed by atoms with Crippen LogP contribution in [0.4, 0.5) is 22.5 Å². The van der Waals surface area contributed by atoms with Gasteiger partial charge in [0.2, 0.25) is 11.9 Å². The van der Waals surface area contributed by atoms with Gasteiger partial charge in [0.1, 0.15) is 11.4 Å². The Balaban J connectivity index is 1.51. The number of aromatic nitrogens is 4. The molecule has 0 aromatic carbocycles. The number of rotatable bonds is 3. The normalized spacial score (nSPS) is 22.5. The van der Waals surface area contributed by atoms with E-state index in [1.807, 2.05) is 25.7 Å². The van der Waals surface area contributed by atoms with Crippen LogP contribution >= 0.6 is 0 Å². The lowest BCUT2D eigenvalue weighted by Gasteiger charge is -2.47. The highest BCUT2D eigenvalue weighted by molar-refractivity contribution is 5.73. The SMILES string of the molecule is CC(C)(C)OC(=O)N1CCCC(C)(N2CCc3c(-c4cnc(N)nc4)nc(N4CCOCC4)nc32)C1. The van der Waals surface area contributed by atoms with Crippen LogP contribution in [-0.4, -0.2) is 88.0 Å². The molecule has 5 rings (SSSR count). The van der Waals surface area contributed by atoms with Crippen LogP contribution in [0.3, 0.4) is 0 Å². The Morgan fingerprint density at radius 1 is 1.11 bits per heavy atom. The Kier molecular flexibility index (Phi) is 6.36. The predicted molar refractivity (Wildman–Crippen MR) is 137 cm³/mol. The monoisotopic (exact) mass is 496 g/mol. The van der Waals surface area contributed by atoms with E-state index in [1.165, 1.54) is 0 Å². The van der Waals surface area contributed by atoms with E-state index in [0.29, 0.717) is 32.3 Å². The van der Waals surface area contributed by atoms with Gasteiger partial charge in [-0.1, -0.05) is 0 Å². The summed E-state index contributed by atoms with van der Waals surface area (Å²) in [5.41, 5.74) is 7.69. The Hall–Kier alpha value is -3.21. The first-order valence-electron chi connectivity index (χ1n) is 12.7. The number of likely N-dealkylation sites (tertiary alicyclic amines) is 1. The van der Waals surface area contributed by atoms with Crippen molar-refractivity contribution in [3.63, 3.8) is 0 Å². The van der Waals surface area contributed by atoms with Crippen molar-refractivity contribution in [1.82, 2.24) is 24.8 Å². The van der Waals surface area contributed by atoms with E-state index in [2.05, 4.69) is 26.7 Å². The molecule has 0 saturated carbocycles. The molecule has 11 heteroatoms. The maximum absolute atomic E-state index is 12.9. The fourth-order valence-corrected chi connectivity index (χ4v) is 5.30. The summed E-state index contributed by atoms with van der Waals surface area (Å²) in [6.07, 6.45) is 5.86. The van der Waals surface area contributed by atoms with Crippen LogP contribution in [0, 0.1) is 0 Å². The second-order valence-electron chi connectivity index (χ2n) is 11.0. The number of carbonyl (C=O) groups is 1. The summed E-state index contributed by atoms with van der Waals surface area (Å²) >= 11 is 0. The van der Waals surface area contributed by atoms with Crippen molar-refractivity contribution in [3.05, 3.63) is 18.0 Å². The van der Waals surface area contributed by atoms with Gasteiger partial charge in [-0.05, 0) is 47.0 Å². The standard InChI is InChI=1S/C25H36N8O3/c1-24(2,3)36-23(34)32-8-5-7-25(4,16-32)33-9-6-18-19(17-14-27-21(26)28-15-17)29-22(30-20(18)33)31-10-12-35-13-11-31/h14-15H,5-13,16H2,1-4H3,(H2,26,27,28). The zero-order valence-electron chi connectivity index (χ0n) is 21.7. The Bertz CT molecular complexity index is 1110. The number of amides is 1. The first kappa shape index (κ1) is 24.5. The number of hydrogen-bond donors (Lipinski definition) is 1. The highest BCUT2D eigenvalue weighted by Crippen LogP contribution is 2.41. The number of ether oxygens (including phenoxy) is 2. The van der Waals surface area contributed by atoms with Crippen LogP contribution in [0.1, 0.15) is 46.1 Å². The van der Waals surface area contributed by atoms with Crippen molar-refractivity contribution in [2.45, 2.75) is 58.1 Å². The van der Waals surface area contributed by atoms with Crippen molar-refractivity contribution in [2.24, 2.45) is 0 Å². The number of fused-ring (bicyclic) bond motifs is 1. The van der Waals surface area contributed by atoms with E-state index in [4.69, 9.17) is 25.2 Å². The van der Waals surface area contributed by atoms with Crippen molar-refractivity contribution in [3.8, 4) is 11.3 Å². The highest BCUT2D eigenvalue weighted by Gasteiger charge is 2.43. The lowest BCUT2D eigenvalue weighted by Crippen LogP contribution is -2.58. The zero-order valence-corrected chi connectivity index (χ0v) is 21.7. The third-order valence-electron chi connectivity index (χ3n) is 7.03. The molecule has 3 aliphatic heterocycles. The molecular weight excluding hydrogens is 460 g/mol. The third kappa shape index (κ3) is 4.88. The van der Waals surface area contributed by atoms with Gasteiger partial charge in [-0.3, -0.25) is 0 Å². The number of hydrogen-bond acceptors (Lipinski definition) is 10. The quantitative estimate of drug-likeness (QED) is 0.678. The topological polar surface area (TPSA) is 123 Å². The van der Waals surface area contributed by atoms with Gasteiger partial charge < -0.3 is 29.9 Å². The van der Waals surface area contributed by atoms with Gasteiger partial charge in [0.25, 0.3) is 0 Å². The van der Waals surface area contributed by atoms with Crippen LogP contribution in [-0.2, 0) is 15.9 Å². The number of nitrogen functional groups attached to an aromatic ring is 1. The molecule has 2 fully saturated rings. The smallest absolute Gasteiger partial charge is 0.410 e. The fraction of sp³-hybridized carbons (Fsp3) is 0.640. The minimum absolute atomic E-state index is 0.233. The number of anilines is 3. The minimum atomic E-state index is -0.526. The second kappa shape index (κ2) is 9.34. The van der Waals surface area contributed by atoms with Gasteiger partial charge in [-0.15, -0.1) is 0 Å². The average Bonchev–Trinajstić information content (AvgIpc) is 3.29. The van der Waals surface area contributed by atoms with Gasteiger partial charge in [-0.25, -0.2) is 19.7 Å². The molecule has 3 aliphatic rings. The number of carbonyl (C=O) groups excluding carboxylic acids is 1. The summed E-state index contributed by atoms with van der Waals surface area (Å²) in [6, 6.07) is 0. The van der Waals surface area contributed by atoms with E-state index < -0.39 is 5.60 Å². The Labute approximate surface area is 212 Å². The van der Waals surface area contributed by atoms with Crippen LogP contribution in [0.2, 0.25) is 0 Å². The molecule has 36 heavy (non-hydrogen) atoms. The van der Waals surface area contributed by atoms with Crippen molar-refractivity contribution < 1.29 is 14.3 Å². The lowest BCUT2D eigenvalue weighted by atomic mass is 9.89. The number of nitrogens with zero attached hydrogens (tertiary/aromatic N) is 7. The first-order valence-corrected chi connectivity index (χ1v) is 12.7. The molecule has 2 aromatic heterocycles. The molecule has 1 unspecified atom stereocenters. The molecule has 0 spiro atoms. The largest absolute Gasteiger partial charge is 0.444 e. The van der Waals surface area contributed by atoms with Crippen LogP contribution < -0.4 is 15.5 Å². The fourth-order valence-electron chi connectivity index (χ4n) is 5.30. The predicted octanol–water partition coefficient (Wildman–Crippen LogP) is 2.50. The molecule has 2 N–H and O–H groups in total. The summed E-state index contributed by atoms with van der Waals surface area (Å²) in [6.45, 7) is 12.8. The zero-order chi connectivity index (χ0) is 25.5. The van der Waals surface area contributed by atoms with Crippen molar-refractivity contribution in [1.29, 1.82) is 0 Å². The third-order valence-corrected chi connectivity index (χ3v) is 7.03.